The largest absolute Gasteiger partial charge is 0.478 e. The van der Waals surface area contributed by atoms with Crippen LogP contribution in [0.15, 0.2) is 39.8 Å². The lowest BCUT2D eigenvalue weighted by Crippen LogP contribution is -2.26. The van der Waals surface area contributed by atoms with E-state index in [1.807, 2.05) is 0 Å². The van der Waals surface area contributed by atoms with Crippen LogP contribution < -0.4 is 0 Å². The standard InChI is InChI=1S/C13H14N2O5S/c1-9-7-11(14-20-9)8-15(2)21(18,19)12-5-3-10(4-6-12)13(16)17/h3-7H,8H2,1-2H3,(H,16,17). The molecule has 1 heterocycles. The lowest BCUT2D eigenvalue weighted by atomic mass is 10.2. The molecule has 8 heteroatoms. The van der Waals surface area contributed by atoms with Gasteiger partial charge in [-0.05, 0) is 31.2 Å². The van der Waals surface area contributed by atoms with E-state index in [0.717, 1.165) is 4.31 Å². The Bertz CT molecular complexity index is 749. The molecule has 0 atom stereocenters. The minimum absolute atomic E-state index is 0.0233. The molecule has 0 radical (unpaired) electrons. The van der Waals surface area contributed by atoms with E-state index in [2.05, 4.69) is 5.16 Å². The Labute approximate surface area is 121 Å². The van der Waals surface area contributed by atoms with Gasteiger partial charge in [0.05, 0.1) is 22.7 Å². The highest BCUT2D eigenvalue weighted by Gasteiger charge is 2.22. The van der Waals surface area contributed by atoms with Crippen molar-refractivity contribution in [1.82, 2.24) is 9.46 Å². The van der Waals surface area contributed by atoms with E-state index >= 15 is 0 Å². The van der Waals surface area contributed by atoms with Gasteiger partial charge in [-0.15, -0.1) is 0 Å². The molecule has 0 aliphatic heterocycles. The number of hydrogen-bond acceptors (Lipinski definition) is 5. The van der Waals surface area contributed by atoms with Gasteiger partial charge in [0.15, 0.2) is 0 Å². The van der Waals surface area contributed by atoms with Crippen LogP contribution in [0.1, 0.15) is 21.8 Å². The Kier molecular flexibility index (Phi) is 4.10. The lowest BCUT2D eigenvalue weighted by molar-refractivity contribution is 0.0696. The van der Waals surface area contributed by atoms with Gasteiger partial charge in [0.2, 0.25) is 10.0 Å². The molecule has 0 unspecified atom stereocenters. The third kappa shape index (κ3) is 3.29. The van der Waals surface area contributed by atoms with Crippen LogP contribution in [-0.2, 0) is 16.6 Å². The summed E-state index contributed by atoms with van der Waals surface area (Å²) in [5.41, 5.74) is 0.532. The first-order valence-corrected chi connectivity index (χ1v) is 7.46. The fourth-order valence-electron chi connectivity index (χ4n) is 1.76. The Balaban J connectivity index is 2.22. The predicted octanol–water partition coefficient (Wildman–Crippen LogP) is 1.50. The van der Waals surface area contributed by atoms with Crippen LogP contribution in [-0.4, -0.2) is 36.0 Å². The number of nitrogens with zero attached hydrogens (tertiary/aromatic N) is 2. The first kappa shape index (κ1) is 15.2. The van der Waals surface area contributed by atoms with Gasteiger partial charge in [0, 0.05) is 13.1 Å². The normalized spacial score (nSPS) is 11.8. The highest BCUT2D eigenvalue weighted by atomic mass is 32.2. The van der Waals surface area contributed by atoms with E-state index in [9.17, 15) is 13.2 Å². The molecule has 0 saturated heterocycles. The molecular weight excluding hydrogens is 296 g/mol. The predicted molar refractivity (Wildman–Crippen MR) is 73.3 cm³/mol. The highest BCUT2D eigenvalue weighted by Crippen LogP contribution is 2.17. The molecule has 7 nitrogen and oxygen atoms in total. The maximum atomic E-state index is 12.3. The monoisotopic (exact) mass is 310 g/mol. The summed E-state index contributed by atoms with van der Waals surface area (Å²) in [6.07, 6.45) is 0. The number of carbonyl (C=O) groups is 1. The maximum Gasteiger partial charge on any atom is 0.335 e. The molecule has 1 N–H and O–H groups in total. The molecule has 2 aromatic rings. The zero-order chi connectivity index (χ0) is 15.6. The second-order valence-corrected chi connectivity index (χ2v) is 6.56. The van der Waals surface area contributed by atoms with Crippen molar-refractivity contribution in [2.45, 2.75) is 18.4 Å². The van der Waals surface area contributed by atoms with E-state index in [1.54, 1.807) is 13.0 Å². The van der Waals surface area contributed by atoms with Crippen LogP contribution >= 0.6 is 0 Å². The van der Waals surface area contributed by atoms with Crippen LogP contribution in [0.4, 0.5) is 0 Å². The number of aromatic carboxylic acids is 1. The van der Waals surface area contributed by atoms with Crippen LogP contribution in [0.2, 0.25) is 0 Å². The Morgan fingerprint density at radius 3 is 2.43 bits per heavy atom. The molecule has 0 aliphatic carbocycles. The number of benzene rings is 1. The number of aromatic nitrogens is 1. The fraction of sp³-hybridized carbons (Fsp3) is 0.231. The van der Waals surface area contributed by atoms with Crippen molar-refractivity contribution in [1.29, 1.82) is 0 Å². The fourth-order valence-corrected chi connectivity index (χ4v) is 2.90. The second kappa shape index (κ2) is 5.66. The van der Waals surface area contributed by atoms with Gasteiger partial charge in [0.25, 0.3) is 0 Å². The second-order valence-electron chi connectivity index (χ2n) is 4.52. The van der Waals surface area contributed by atoms with Crippen molar-refractivity contribution in [2.75, 3.05) is 7.05 Å². The van der Waals surface area contributed by atoms with Crippen LogP contribution in [0.3, 0.4) is 0 Å². The molecular formula is C13H14N2O5S. The van der Waals surface area contributed by atoms with Crippen molar-refractivity contribution in [3.63, 3.8) is 0 Å². The lowest BCUT2D eigenvalue weighted by Gasteiger charge is -2.15. The summed E-state index contributed by atoms with van der Waals surface area (Å²) in [7, 11) is -2.29. The molecule has 2 rings (SSSR count). The third-order valence-electron chi connectivity index (χ3n) is 2.87. The molecule has 21 heavy (non-hydrogen) atoms. The van der Waals surface area contributed by atoms with Crippen LogP contribution in [0.5, 0.6) is 0 Å². The van der Waals surface area contributed by atoms with Gasteiger partial charge in [0.1, 0.15) is 5.76 Å². The van der Waals surface area contributed by atoms with Gasteiger partial charge in [-0.2, -0.15) is 4.31 Å². The molecule has 0 fully saturated rings. The summed E-state index contributed by atoms with van der Waals surface area (Å²) in [6.45, 7) is 1.79. The number of carboxylic acid groups (broad SMARTS) is 1. The minimum atomic E-state index is -3.71. The summed E-state index contributed by atoms with van der Waals surface area (Å²) in [5, 5.41) is 12.5. The Hall–Kier alpha value is -2.19. The highest BCUT2D eigenvalue weighted by molar-refractivity contribution is 7.89. The van der Waals surface area contributed by atoms with Crippen molar-refractivity contribution in [2.24, 2.45) is 0 Å². The summed E-state index contributed by atoms with van der Waals surface area (Å²) in [4.78, 5) is 10.8. The zero-order valence-corrected chi connectivity index (χ0v) is 12.3. The number of hydrogen-bond donors (Lipinski definition) is 1. The topological polar surface area (TPSA) is 101 Å². The molecule has 0 bridgehead atoms. The molecule has 0 saturated carbocycles. The third-order valence-corrected chi connectivity index (χ3v) is 4.69. The first-order chi connectivity index (χ1) is 9.80. The van der Waals surface area contributed by atoms with E-state index < -0.39 is 16.0 Å². The SMILES string of the molecule is Cc1cc(CN(C)S(=O)(=O)c2ccc(C(=O)O)cc2)no1. The van der Waals surface area contributed by atoms with Crippen LogP contribution in [0, 0.1) is 6.92 Å². The Morgan fingerprint density at radius 1 is 1.33 bits per heavy atom. The van der Waals surface area contributed by atoms with Gasteiger partial charge in [-0.25, -0.2) is 13.2 Å². The number of carboxylic acids is 1. The molecule has 0 aliphatic rings. The molecule has 1 aromatic heterocycles. The van der Waals surface area contributed by atoms with Crippen molar-refractivity contribution in [3.05, 3.63) is 47.3 Å². The maximum absolute atomic E-state index is 12.3. The number of sulfonamides is 1. The summed E-state index contributed by atoms with van der Waals surface area (Å²) < 4.78 is 30.7. The first-order valence-electron chi connectivity index (χ1n) is 6.02. The molecule has 112 valence electrons. The van der Waals surface area contributed by atoms with Gasteiger partial charge >= 0.3 is 5.97 Å². The smallest absolute Gasteiger partial charge is 0.335 e. The van der Waals surface area contributed by atoms with Crippen molar-refractivity contribution >= 4 is 16.0 Å². The average molecular weight is 310 g/mol. The Morgan fingerprint density at radius 2 is 1.95 bits per heavy atom. The van der Waals surface area contributed by atoms with Crippen LogP contribution in [0.25, 0.3) is 0 Å². The number of rotatable bonds is 5. The number of aryl methyl sites for hydroxylation is 1. The summed E-state index contributed by atoms with van der Waals surface area (Å²) >= 11 is 0. The minimum Gasteiger partial charge on any atom is -0.478 e. The van der Waals surface area contributed by atoms with Gasteiger partial charge < -0.3 is 9.63 Å². The van der Waals surface area contributed by atoms with E-state index in [4.69, 9.17) is 9.63 Å². The van der Waals surface area contributed by atoms with Gasteiger partial charge in [-0.3, -0.25) is 0 Å². The summed E-state index contributed by atoms with van der Waals surface area (Å²) in [5.74, 6) is -0.507. The average Bonchev–Trinajstić information content (AvgIpc) is 2.84. The van der Waals surface area contributed by atoms with Crippen molar-refractivity contribution < 1.29 is 22.8 Å². The van der Waals surface area contributed by atoms with E-state index in [1.165, 1.54) is 31.3 Å². The zero-order valence-electron chi connectivity index (χ0n) is 11.5. The molecule has 0 spiro atoms. The molecule has 1 aromatic carbocycles. The molecule has 0 amide bonds. The quantitative estimate of drug-likeness (QED) is 0.898. The van der Waals surface area contributed by atoms with Gasteiger partial charge in [-0.1, -0.05) is 5.16 Å². The van der Waals surface area contributed by atoms with E-state index in [0.29, 0.717) is 11.5 Å². The van der Waals surface area contributed by atoms with Crippen molar-refractivity contribution in [3.8, 4) is 0 Å². The van der Waals surface area contributed by atoms with E-state index in [-0.39, 0.29) is 17.0 Å². The summed E-state index contributed by atoms with van der Waals surface area (Å²) in [6, 6.07) is 6.69.